The molecule has 2 heteroatoms. The van der Waals surface area contributed by atoms with E-state index in [0.29, 0.717) is 0 Å². The molecule has 1 aromatic heterocycles. The van der Waals surface area contributed by atoms with Crippen LogP contribution in [0.1, 0.15) is 11.1 Å². The number of hydrogen-bond acceptors (Lipinski definition) is 1. The molecule has 58 valence electrons. The van der Waals surface area contributed by atoms with E-state index in [9.17, 15) is 0 Å². The second-order valence-corrected chi connectivity index (χ2v) is 2.99. The molecular weight excluding hydrogens is 202 g/mol. The Morgan fingerprint density at radius 2 is 2.45 bits per heavy atom. The molecule has 1 aromatic rings. The van der Waals surface area contributed by atoms with E-state index >= 15 is 0 Å². The van der Waals surface area contributed by atoms with Gasteiger partial charge in [-0.05, 0) is 29.7 Å². The Labute approximate surface area is 75.3 Å². The van der Waals surface area contributed by atoms with Crippen molar-refractivity contribution in [1.29, 1.82) is 0 Å². The highest BCUT2D eigenvalue weighted by Crippen LogP contribution is 2.16. The molecule has 0 aliphatic rings. The molecule has 0 saturated carbocycles. The fourth-order valence-corrected chi connectivity index (χ4v) is 1.24. The molecule has 1 heterocycles. The number of allylic oxidation sites excluding steroid dienone is 1. The largest absolute Gasteiger partial charge is 0.264 e. The molecule has 0 atom stereocenters. The van der Waals surface area contributed by atoms with Crippen LogP contribution in [0.25, 0.3) is 5.57 Å². The summed E-state index contributed by atoms with van der Waals surface area (Å²) < 4.78 is 0. The van der Waals surface area contributed by atoms with Crippen molar-refractivity contribution in [3.8, 4) is 0 Å². The van der Waals surface area contributed by atoms with E-state index in [1.165, 1.54) is 11.1 Å². The van der Waals surface area contributed by atoms with Crippen LogP contribution in [-0.2, 0) is 0 Å². The molecule has 0 radical (unpaired) electrons. The number of alkyl halides is 1. The van der Waals surface area contributed by atoms with Gasteiger partial charge in [0.05, 0.1) is 0 Å². The number of aryl methyl sites for hydroxylation is 1. The van der Waals surface area contributed by atoms with Gasteiger partial charge in [0.25, 0.3) is 0 Å². The standard InChI is InChI=1S/C9H10BrN/c1-7(5-10)9-3-4-11-6-8(9)2/h3-4,6H,1,5H2,2H3. The molecule has 0 aliphatic carbocycles. The lowest BCUT2D eigenvalue weighted by Gasteiger charge is -2.03. The predicted octanol–water partition coefficient (Wildman–Crippen LogP) is 2.80. The van der Waals surface area contributed by atoms with Gasteiger partial charge in [-0.25, -0.2) is 0 Å². The monoisotopic (exact) mass is 211 g/mol. The average Bonchev–Trinajstić information content (AvgIpc) is 2.04. The third-order valence-corrected chi connectivity index (χ3v) is 2.24. The van der Waals surface area contributed by atoms with Crippen LogP contribution in [0.15, 0.2) is 25.0 Å². The van der Waals surface area contributed by atoms with Gasteiger partial charge in [0, 0.05) is 17.7 Å². The minimum Gasteiger partial charge on any atom is -0.264 e. The first-order valence-electron chi connectivity index (χ1n) is 3.40. The van der Waals surface area contributed by atoms with Crippen molar-refractivity contribution in [1.82, 2.24) is 4.98 Å². The fraction of sp³-hybridized carbons (Fsp3) is 0.222. The van der Waals surface area contributed by atoms with Gasteiger partial charge in [-0.3, -0.25) is 4.98 Å². The predicted molar refractivity (Wildman–Crippen MR) is 51.8 cm³/mol. The van der Waals surface area contributed by atoms with Crippen LogP contribution in [0, 0.1) is 6.92 Å². The molecule has 0 aromatic carbocycles. The minimum atomic E-state index is 0.817. The van der Waals surface area contributed by atoms with Crippen LogP contribution in [0.4, 0.5) is 0 Å². The average molecular weight is 212 g/mol. The molecule has 0 unspecified atom stereocenters. The second kappa shape index (κ2) is 3.67. The van der Waals surface area contributed by atoms with E-state index in [2.05, 4.69) is 27.5 Å². The summed E-state index contributed by atoms with van der Waals surface area (Å²) in [5, 5.41) is 0.817. The van der Waals surface area contributed by atoms with E-state index < -0.39 is 0 Å². The lowest BCUT2D eigenvalue weighted by atomic mass is 10.1. The lowest BCUT2D eigenvalue weighted by molar-refractivity contribution is 1.25. The minimum absolute atomic E-state index is 0.817. The number of halogens is 1. The molecule has 0 N–H and O–H groups in total. The Morgan fingerprint density at radius 1 is 1.73 bits per heavy atom. The molecule has 1 nitrogen and oxygen atoms in total. The second-order valence-electron chi connectivity index (χ2n) is 2.43. The van der Waals surface area contributed by atoms with Crippen molar-refractivity contribution in [3.05, 3.63) is 36.2 Å². The Bertz CT molecular complexity index is 268. The first-order chi connectivity index (χ1) is 5.25. The molecule has 0 spiro atoms. The van der Waals surface area contributed by atoms with Gasteiger partial charge in [0.2, 0.25) is 0 Å². The molecule has 0 bridgehead atoms. The smallest absolute Gasteiger partial charge is 0.0303 e. The number of nitrogens with zero attached hydrogens (tertiary/aromatic N) is 1. The lowest BCUT2D eigenvalue weighted by Crippen LogP contribution is -1.88. The molecule has 1 rings (SSSR count). The Morgan fingerprint density at radius 3 is 3.00 bits per heavy atom. The zero-order valence-corrected chi connectivity index (χ0v) is 8.06. The SMILES string of the molecule is C=C(CBr)c1ccncc1C. The van der Waals surface area contributed by atoms with Crippen molar-refractivity contribution < 1.29 is 0 Å². The Kier molecular flexibility index (Phi) is 2.83. The summed E-state index contributed by atoms with van der Waals surface area (Å²) in [7, 11) is 0. The summed E-state index contributed by atoms with van der Waals surface area (Å²) in [5.74, 6) is 0. The van der Waals surface area contributed by atoms with E-state index in [-0.39, 0.29) is 0 Å². The van der Waals surface area contributed by atoms with Gasteiger partial charge in [0.1, 0.15) is 0 Å². The number of pyridine rings is 1. The Hall–Kier alpha value is -0.630. The number of hydrogen-bond donors (Lipinski definition) is 0. The summed E-state index contributed by atoms with van der Waals surface area (Å²) in [6.07, 6.45) is 3.64. The van der Waals surface area contributed by atoms with E-state index in [0.717, 1.165) is 10.9 Å². The highest BCUT2D eigenvalue weighted by atomic mass is 79.9. The molecule has 11 heavy (non-hydrogen) atoms. The van der Waals surface area contributed by atoms with Crippen LogP contribution < -0.4 is 0 Å². The Balaban J connectivity index is 3.03. The first-order valence-corrected chi connectivity index (χ1v) is 4.52. The van der Waals surface area contributed by atoms with Crippen molar-refractivity contribution in [3.63, 3.8) is 0 Å². The summed E-state index contributed by atoms with van der Waals surface area (Å²) in [4.78, 5) is 4.01. The number of aromatic nitrogens is 1. The van der Waals surface area contributed by atoms with Crippen molar-refractivity contribution in [2.45, 2.75) is 6.92 Å². The summed E-state index contributed by atoms with van der Waals surface area (Å²) >= 11 is 3.37. The maximum absolute atomic E-state index is 4.01. The molecule has 0 aliphatic heterocycles. The zero-order valence-electron chi connectivity index (χ0n) is 6.47. The van der Waals surface area contributed by atoms with Crippen LogP contribution in [-0.4, -0.2) is 10.3 Å². The van der Waals surface area contributed by atoms with Crippen molar-refractivity contribution >= 4 is 21.5 Å². The van der Waals surface area contributed by atoms with Crippen molar-refractivity contribution in [2.75, 3.05) is 5.33 Å². The van der Waals surface area contributed by atoms with E-state index in [4.69, 9.17) is 0 Å². The zero-order chi connectivity index (χ0) is 8.27. The third kappa shape index (κ3) is 1.90. The summed E-state index contributed by atoms with van der Waals surface area (Å²) in [6, 6.07) is 1.99. The first kappa shape index (κ1) is 8.47. The maximum Gasteiger partial charge on any atom is 0.0303 e. The van der Waals surface area contributed by atoms with E-state index in [1.54, 1.807) is 6.20 Å². The van der Waals surface area contributed by atoms with Gasteiger partial charge >= 0.3 is 0 Å². The fourth-order valence-electron chi connectivity index (χ4n) is 0.942. The van der Waals surface area contributed by atoms with Gasteiger partial charge < -0.3 is 0 Å². The van der Waals surface area contributed by atoms with Crippen LogP contribution in [0.5, 0.6) is 0 Å². The topological polar surface area (TPSA) is 12.9 Å². The molecule has 0 amide bonds. The quantitative estimate of drug-likeness (QED) is 0.687. The van der Waals surface area contributed by atoms with Crippen LogP contribution >= 0.6 is 15.9 Å². The third-order valence-electron chi connectivity index (χ3n) is 1.56. The van der Waals surface area contributed by atoms with Gasteiger partial charge in [-0.1, -0.05) is 22.5 Å². The number of rotatable bonds is 2. The van der Waals surface area contributed by atoms with Gasteiger partial charge in [0.15, 0.2) is 0 Å². The highest BCUT2D eigenvalue weighted by molar-refractivity contribution is 9.09. The molecular formula is C9H10BrN. The van der Waals surface area contributed by atoms with Crippen molar-refractivity contribution in [2.24, 2.45) is 0 Å². The molecule has 0 saturated heterocycles. The van der Waals surface area contributed by atoms with E-state index in [1.807, 2.05) is 19.2 Å². The van der Waals surface area contributed by atoms with Crippen LogP contribution in [0.3, 0.4) is 0 Å². The van der Waals surface area contributed by atoms with Gasteiger partial charge in [-0.15, -0.1) is 0 Å². The summed E-state index contributed by atoms with van der Waals surface area (Å²) in [6.45, 7) is 5.97. The normalized spacial score (nSPS) is 9.64. The summed E-state index contributed by atoms with van der Waals surface area (Å²) in [5.41, 5.74) is 3.47. The highest BCUT2D eigenvalue weighted by Gasteiger charge is 1.99. The molecule has 0 fully saturated rings. The van der Waals surface area contributed by atoms with Crippen LogP contribution in [0.2, 0.25) is 0 Å². The van der Waals surface area contributed by atoms with Gasteiger partial charge in [-0.2, -0.15) is 0 Å². The maximum atomic E-state index is 4.01.